The highest BCUT2D eigenvalue weighted by molar-refractivity contribution is 5.86. The van der Waals surface area contributed by atoms with Crippen molar-refractivity contribution >= 4 is 11.9 Å². The van der Waals surface area contributed by atoms with Crippen LogP contribution in [0.4, 0.5) is 10.1 Å². The summed E-state index contributed by atoms with van der Waals surface area (Å²) >= 11 is 0. The summed E-state index contributed by atoms with van der Waals surface area (Å²) in [6.45, 7) is 8.44. The van der Waals surface area contributed by atoms with Gasteiger partial charge >= 0.3 is 0 Å². The van der Waals surface area contributed by atoms with Gasteiger partial charge in [0.05, 0.1) is 11.3 Å². The van der Waals surface area contributed by atoms with Crippen LogP contribution in [0, 0.1) is 5.82 Å². The molecule has 3 heteroatoms. The second kappa shape index (κ2) is 6.73. The number of hydrogen-bond acceptors (Lipinski definition) is 2. The normalized spacial score (nSPS) is 11.8. The van der Waals surface area contributed by atoms with E-state index in [4.69, 9.17) is 0 Å². The van der Waals surface area contributed by atoms with Gasteiger partial charge < -0.3 is 5.11 Å². The average molecular weight is 299 g/mol. The van der Waals surface area contributed by atoms with E-state index in [2.05, 4.69) is 32.7 Å². The summed E-state index contributed by atoms with van der Waals surface area (Å²) in [5, 5.41) is 9.80. The third-order valence-electron chi connectivity index (χ3n) is 3.70. The van der Waals surface area contributed by atoms with Crippen LogP contribution in [0.25, 0.3) is 0 Å². The Morgan fingerprint density at radius 1 is 0.955 bits per heavy atom. The Hall–Kier alpha value is -2.16. The first-order chi connectivity index (χ1) is 10.4. The average Bonchev–Trinajstić information content (AvgIpc) is 2.46. The van der Waals surface area contributed by atoms with Crippen LogP contribution < -0.4 is 0 Å². The third kappa shape index (κ3) is 3.35. The standard InChI is InChI=1S/C19H22FNO/c1-12(2)14-7-5-8-15(13(3)4)19(14)21-11-16-17(20)9-6-10-18(16)22/h5-13,22H,1-4H3. The number of aromatic hydroxyl groups is 1. The molecule has 0 unspecified atom stereocenters. The van der Waals surface area contributed by atoms with Crippen molar-refractivity contribution in [2.24, 2.45) is 4.99 Å². The first-order valence-electron chi connectivity index (χ1n) is 7.56. The Bertz CT molecular complexity index is 643. The zero-order chi connectivity index (χ0) is 16.3. The maximum atomic E-state index is 13.8. The van der Waals surface area contributed by atoms with Gasteiger partial charge in [0.15, 0.2) is 0 Å². The van der Waals surface area contributed by atoms with E-state index >= 15 is 0 Å². The van der Waals surface area contributed by atoms with Crippen molar-refractivity contribution in [3.05, 3.63) is 58.9 Å². The van der Waals surface area contributed by atoms with Gasteiger partial charge in [-0.15, -0.1) is 0 Å². The van der Waals surface area contributed by atoms with Crippen molar-refractivity contribution in [1.82, 2.24) is 0 Å². The molecule has 0 fully saturated rings. The van der Waals surface area contributed by atoms with Crippen molar-refractivity contribution in [2.75, 3.05) is 0 Å². The summed E-state index contributed by atoms with van der Waals surface area (Å²) in [6, 6.07) is 10.4. The lowest BCUT2D eigenvalue weighted by Gasteiger charge is -2.16. The first kappa shape index (κ1) is 16.2. The SMILES string of the molecule is CC(C)c1cccc(C(C)C)c1N=Cc1c(O)cccc1F. The number of rotatable bonds is 4. The number of nitrogens with zero attached hydrogens (tertiary/aromatic N) is 1. The minimum atomic E-state index is -0.475. The van der Waals surface area contributed by atoms with Gasteiger partial charge in [0, 0.05) is 6.21 Å². The predicted molar refractivity (Wildman–Crippen MR) is 89.9 cm³/mol. The van der Waals surface area contributed by atoms with Gasteiger partial charge in [-0.25, -0.2) is 4.39 Å². The molecule has 1 N–H and O–H groups in total. The molecular weight excluding hydrogens is 277 g/mol. The fourth-order valence-corrected chi connectivity index (χ4v) is 2.44. The number of phenols is 1. The van der Waals surface area contributed by atoms with Gasteiger partial charge in [-0.3, -0.25) is 4.99 Å². The number of benzene rings is 2. The summed E-state index contributed by atoms with van der Waals surface area (Å²) in [6.07, 6.45) is 1.41. The lowest BCUT2D eigenvalue weighted by molar-refractivity contribution is 0.468. The number of halogens is 1. The van der Waals surface area contributed by atoms with Crippen LogP contribution in [-0.4, -0.2) is 11.3 Å². The van der Waals surface area contributed by atoms with E-state index in [-0.39, 0.29) is 11.3 Å². The molecule has 0 saturated carbocycles. The van der Waals surface area contributed by atoms with Gasteiger partial charge in [0.2, 0.25) is 0 Å². The highest BCUT2D eigenvalue weighted by Gasteiger charge is 2.13. The molecule has 0 bridgehead atoms. The smallest absolute Gasteiger partial charge is 0.135 e. The Labute approximate surface area is 131 Å². The molecule has 0 saturated heterocycles. The second-order valence-electron chi connectivity index (χ2n) is 6.03. The van der Waals surface area contributed by atoms with Gasteiger partial charge in [-0.05, 0) is 35.1 Å². The quantitative estimate of drug-likeness (QED) is 0.740. The highest BCUT2D eigenvalue weighted by Crippen LogP contribution is 2.34. The lowest BCUT2D eigenvalue weighted by Crippen LogP contribution is -1.96. The van der Waals surface area contributed by atoms with Crippen molar-refractivity contribution in [1.29, 1.82) is 0 Å². The maximum Gasteiger partial charge on any atom is 0.135 e. The van der Waals surface area contributed by atoms with Crippen LogP contribution in [0.1, 0.15) is 56.2 Å². The Morgan fingerprint density at radius 3 is 2.00 bits per heavy atom. The van der Waals surface area contributed by atoms with Crippen molar-refractivity contribution in [3.8, 4) is 5.75 Å². The molecule has 2 aromatic rings. The molecule has 2 aromatic carbocycles. The van der Waals surface area contributed by atoms with E-state index in [0.29, 0.717) is 11.8 Å². The molecule has 2 nitrogen and oxygen atoms in total. The first-order valence-corrected chi connectivity index (χ1v) is 7.56. The number of para-hydroxylation sites is 1. The lowest BCUT2D eigenvalue weighted by atomic mass is 9.93. The summed E-state index contributed by atoms with van der Waals surface area (Å²) < 4.78 is 13.8. The molecule has 2 rings (SSSR count). The van der Waals surface area contributed by atoms with Crippen LogP contribution in [0.5, 0.6) is 5.75 Å². The van der Waals surface area contributed by atoms with Crippen LogP contribution in [-0.2, 0) is 0 Å². The summed E-state index contributed by atoms with van der Waals surface area (Å²) in [5.74, 6) is 0.0638. The molecule has 0 heterocycles. The fraction of sp³-hybridized carbons (Fsp3) is 0.316. The summed E-state index contributed by atoms with van der Waals surface area (Å²) in [4.78, 5) is 4.52. The van der Waals surface area contributed by atoms with Crippen molar-refractivity contribution in [2.45, 2.75) is 39.5 Å². The molecule has 22 heavy (non-hydrogen) atoms. The van der Waals surface area contributed by atoms with Crippen LogP contribution in [0.2, 0.25) is 0 Å². The molecular formula is C19H22FNO. The number of phenolic OH excluding ortho intramolecular Hbond substituents is 1. The van der Waals surface area contributed by atoms with E-state index in [1.54, 1.807) is 0 Å². The molecule has 0 aromatic heterocycles. The van der Waals surface area contributed by atoms with Crippen molar-refractivity contribution in [3.63, 3.8) is 0 Å². The zero-order valence-corrected chi connectivity index (χ0v) is 13.5. The van der Waals surface area contributed by atoms with E-state index in [9.17, 15) is 9.50 Å². The van der Waals surface area contributed by atoms with Crippen LogP contribution in [0.3, 0.4) is 0 Å². The Kier molecular flexibility index (Phi) is 4.96. The summed E-state index contributed by atoms with van der Waals surface area (Å²) in [5.41, 5.74) is 3.24. The fourth-order valence-electron chi connectivity index (χ4n) is 2.44. The van der Waals surface area contributed by atoms with E-state index in [0.717, 1.165) is 16.8 Å². The molecule has 0 atom stereocenters. The van der Waals surface area contributed by atoms with Crippen LogP contribution in [0.15, 0.2) is 41.4 Å². The molecule has 0 aliphatic rings. The Balaban J connectivity index is 2.54. The minimum Gasteiger partial charge on any atom is -0.507 e. The largest absolute Gasteiger partial charge is 0.507 e. The zero-order valence-electron chi connectivity index (χ0n) is 13.5. The van der Waals surface area contributed by atoms with E-state index in [1.807, 2.05) is 18.2 Å². The van der Waals surface area contributed by atoms with Gasteiger partial charge in [0.1, 0.15) is 11.6 Å². The van der Waals surface area contributed by atoms with Gasteiger partial charge in [0.25, 0.3) is 0 Å². The van der Waals surface area contributed by atoms with Crippen LogP contribution >= 0.6 is 0 Å². The predicted octanol–water partition coefficient (Wildman–Crippen LogP) is 5.53. The van der Waals surface area contributed by atoms with Gasteiger partial charge in [-0.1, -0.05) is 52.0 Å². The number of aliphatic imine (C=N–C) groups is 1. The topological polar surface area (TPSA) is 32.6 Å². The molecule has 0 amide bonds. The van der Waals surface area contributed by atoms with E-state index in [1.165, 1.54) is 24.4 Å². The summed E-state index contributed by atoms with van der Waals surface area (Å²) in [7, 11) is 0. The monoisotopic (exact) mass is 299 g/mol. The molecule has 0 spiro atoms. The van der Waals surface area contributed by atoms with Gasteiger partial charge in [-0.2, -0.15) is 0 Å². The third-order valence-corrected chi connectivity index (χ3v) is 3.70. The molecule has 0 radical (unpaired) electrons. The second-order valence-corrected chi connectivity index (χ2v) is 6.03. The molecule has 0 aliphatic heterocycles. The Morgan fingerprint density at radius 2 is 1.50 bits per heavy atom. The van der Waals surface area contributed by atoms with Crippen molar-refractivity contribution < 1.29 is 9.50 Å². The molecule has 0 aliphatic carbocycles. The maximum absolute atomic E-state index is 13.8. The molecule has 116 valence electrons. The minimum absolute atomic E-state index is 0.100. The highest BCUT2D eigenvalue weighted by atomic mass is 19.1. The number of hydrogen-bond donors (Lipinski definition) is 1. The van der Waals surface area contributed by atoms with E-state index < -0.39 is 5.82 Å².